The van der Waals surface area contributed by atoms with Crippen LogP contribution in [0.1, 0.15) is 34.9 Å². The summed E-state index contributed by atoms with van der Waals surface area (Å²) in [5.74, 6) is -0.613. The van der Waals surface area contributed by atoms with Gasteiger partial charge in [-0.25, -0.2) is 4.98 Å². The summed E-state index contributed by atoms with van der Waals surface area (Å²) in [7, 11) is 5.68. The molecule has 0 unspecified atom stereocenters. The number of benzene rings is 1. The normalized spacial score (nSPS) is 11.7. The first-order chi connectivity index (χ1) is 16.4. The van der Waals surface area contributed by atoms with Crippen LogP contribution in [-0.4, -0.2) is 54.1 Å². The molecule has 0 aliphatic heterocycles. The minimum absolute atomic E-state index is 0.0612. The Hall–Kier alpha value is -3.95. The molecule has 1 aromatic carbocycles. The molecule has 2 aromatic heterocycles. The molecule has 10 heteroatoms. The number of aromatic amines is 1. The first-order valence-electron chi connectivity index (χ1n) is 10.6. The van der Waals surface area contributed by atoms with Crippen LogP contribution in [-0.2, 0) is 22.5 Å². The van der Waals surface area contributed by atoms with Gasteiger partial charge in [0.1, 0.15) is 5.75 Å². The second-order valence-corrected chi connectivity index (χ2v) is 7.62. The topological polar surface area (TPSA) is 125 Å². The van der Waals surface area contributed by atoms with Crippen molar-refractivity contribution in [2.45, 2.75) is 32.2 Å². The molecule has 0 amide bonds. The molecule has 0 saturated heterocycles. The SMILES string of the molecule is COC(=O)C[C@H](c1ccc(OC)c(OC)c1OC)c1c(O)cc(C)n(CCc2cnc[nH]2)c1=O. The molecule has 3 aromatic rings. The smallest absolute Gasteiger partial charge is 0.306 e. The zero-order valence-corrected chi connectivity index (χ0v) is 19.9. The number of nitrogens with zero attached hydrogens (tertiary/aromatic N) is 2. The number of pyridine rings is 1. The maximum absolute atomic E-state index is 13.7. The van der Waals surface area contributed by atoms with Gasteiger partial charge in [0.05, 0.1) is 46.8 Å². The van der Waals surface area contributed by atoms with Gasteiger partial charge in [0.15, 0.2) is 11.5 Å². The molecule has 2 heterocycles. The van der Waals surface area contributed by atoms with Crippen LogP contribution in [0, 0.1) is 6.92 Å². The van der Waals surface area contributed by atoms with E-state index in [9.17, 15) is 14.7 Å². The van der Waals surface area contributed by atoms with Crippen molar-refractivity contribution in [3.63, 3.8) is 0 Å². The Morgan fingerprint density at radius 2 is 1.88 bits per heavy atom. The van der Waals surface area contributed by atoms with Crippen molar-refractivity contribution < 1.29 is 28.8 Å². The summed E-state index contributed by atoms with van der Waals surface area (Å²) >= 11 is 0. The fourth-order valence-corrected chi connectivity index (χ4v) is 4.04. The zero-order valence-electron chi connectivity index (χ0n) is 19.9. The summed E-state index contributed by atoms with van der Waals surface area (Å²) in [6.07, 6.45) is 3.60. The summed E-state index contributed by atoms with van der Waals surface area (Å²) < 4.78 is 22.9. The predicted molar refractivity (Wildman–Crippen MR) is 124 cm³/mol. The van der Waals surface area contributed by atoms with Crippen LogP contribution in [0.25, 0.3) is 0 Å². The maximum Gasteiger partial charge on any atom is 0.306 e. The van der Waals surface area contributed by atoms with Crippen LogP contribution in [0.2, 0.25) is 0 Å². The third-order valence-corrected chi connectivity index (χ3v) is 5.74. The van der Waals surface area contributed by atoms with Gasteiger partial charge in [0.2, 0.25) is 5.75 Å². The largest absolute Gasteiger partial charge is 0.507 e. The molecule has 0 fully saturated rings. The van der Waals surface area contributed by atoms with E-state index in [1.807, 2.05) is 0 Å². The molecule has 0 bridgehead atoms. The van der Waals surface area contributed by atoms with Gasteiger partial charge >= 0.3 is 5.97 Å². The number of imidazole rings is 1. The standard InChI is InChI=1S/C24H29N3O7/c1-14-10-18(28)21(24(30)27(14)9-8-15-12-25-13-26-15)17(11-20(29)32-3)16-6-7-19(31-2)23(34-5)22(16)33-4/h6-7,10,12-13,17,28H,8-9,11H2,1-5H3,(H,25,26)/t17-/m1/s1. The molecule has 34 heavy (non-hydrogen) atoms. The molecule has 182 valence electrons. The van der Waals surface area contributed by atoms with Gasteiger partial charge in [-0.15, -0.1) is 0 Å². The van der Waals surface area contributed by atoms with Gasteiger partial charge in [-0.3, -0.25) is 9.59 Å². The Morgan fingerprint density at radius 3 is 2.47 bits per heavy atom. The molecule has 0 saturated carbocycles. The van der Waals surface area contributed by atoms with E-state index in [1.165, 1.54) is 34.5 Å². The lowest BCUT2D eigenvalue weighted by Crippen LogP contribution is -2.29. The van der Waals surface area contributed by atoms with Gasteiger partial charge in [-0.05, 0) is 19.1 Å². The number of aromatic hydroxyl groups is 1. The number of rotatable bonds is 10. The van der Waals surface area contributed by atoms with Gasteiger partial charge in [0, 0.05) is 42.0 Å². The Bertz CT molecular complexity index is 1200. The highest BCUT2D eigenvalue weighted by Gasteiger charge is 2.31. The quantitative estimate of drug-likeness (QED) is 0.432. The first-order valence-corrected chi connectivity index (χ1v) is 10.6. The number of carbonyl (C=O) groups is 1. The second kappa shape index (κ2) is 10.8. The molecule has 2 N–H and O–H groups in total. The summed E-state index contributed by atoms with van der Waals surface area (Å²) in [5.41, 5.74) is 1.58. The third kappa shape index (κ3) is 4.85. The van der Waals surface area contributed by atoms with E-state index in [4.69, 9.17) is 18.9 Å². The van der Waals surface area contributed by atoms with Crippen LogP contribution < -0.4 is 19.8 Å². The molecule has 0 radical (unpaired) electrons. The Labute approximate surface area is 197 Å². The lowest BCUT2D eigenvalue weighted by atomic mass is 9.87. The van der Waals surface area contributed by atoms with E-state index in [0.717, 1.165) is 5.69 Å². The van der Waals surface area contributed by atoms with Crippen molar-refractivity contribution in [2.75, 3.05) is 28.4 Å². The highest BCUT2D eigenvalue weighted by molar-refractivity contribution is 5.72. The Morgan fingerprint density at radius 1 is 1.15 bits per heavy atom. The van der Waals surface area contributed by atoms with Crippen molar-refractivity contribution in [2.24, 2.45) is 0 Å². The number of esters is 1. The van der Waals surface area contributed by atoms with Gasteiger partial charge < -0.3 is 33.6 Å². The molecular weight excluding hydrogens is 442 g/mol. The van der Waals surface area contributed by atoms with Crippen LogP contribution in [0.3, 0.4) is 0 Å². The number of hydrogen-bond acceptors (Lipinski definition) is 8. The lowest BCUT2D eigenvalue weighted by Gasteiger charge is -2.23. The fraction of sp³-hybridized carbons (Fsp3) is 0.375. The molecule has 10 nitrogen and oxygen atoms in total. The maximum atomic E-state index is 13.7. The van der Waals surface area contributed by atoms with Crippen LogP contribution in [0.4, 0.5) is 0 Å². The summed E-state index contributed by atoms with van der Waals surface area (Å²) in [4.78, 5) is 33.1. The second-order valence-electron chi connectivity index (χ2n) is 7.62. The van der Waals surface area contributed by atoms with Crippen molar-refractivity contribution >= 4 is 5.97 Å². The van der Waals surface area contributed by atoms with Gasteiger partial charge in [-0.2, -0.15) is 0 Å². The van der Waals surface area contributed by atoms with Gasteiger partial charge in [-0.1, -0.05) is 6.07 Å². The van der Waals surface area contributed by atoms with Crippen molar-refractivity contribution in [1.29, 1.82) is 0 Å². The number of ether oxygens (including phenoxy) is 4. The first kappa shape index (κ1) is 24.7. The minimum Gasteiger partial charge on any atom is -0.507 e. The van der Waals surface area contributed by atoms with E-state index in [1.54, 1.807) is 36.1 Å². The highest BCUT2D eigenvalue weighted by atomic mass is 16.5. The van der Waals surface area contributed by atoms with Crippen molar-refractivity contribution in [1.82, 2.24) is 14.5 Å². The molecule has 0 aliphatic carbocycles. The molecule has 0 aliphatic rings. The van der Waals surface area contributed by atoms with E-state index in [-0.39, 0.29) is 17.7 Å². The van der Waals surface area contributed by atoms with E-state index >= 15 is 0 Å². The van der Waals surface area contributed by atoms with Gasteiger partial charge in [0.25, 0.3) is 5.56 Å². The van der Waals surface area contributed by atoms with Crippen LogP contribution in [0.15, 0.2) is 35.5 Å². The molecule has 1 atom stereocenters. The molecular formula is C24H29N3O7. The average molecular weight is 472 g/mol. The van der Waals surface area contributed by atoms with Crippen LogP contribution >= 0.6 is 0 Å². The predicted octanol–water partition coefficient (Wildman–Crippen LogP) is 2.55. The number of aryl methyl sites for hydroxylation is 2. The number of H-pyrrole nitrogens is 1. The summed E-state index contributed by atoms with van der Waals surface area (Å²) in [6, 6.07) is 4.85. The van der Waals surface area contributed by atoms with E-state index < -0.39 is 17.4 Å². The third-order valence-electron chi connectivity index (χ3n) is 5.74. The molecule has 0 spiro atoms. The average Bonchev–Trinajstić information content (AvgIpc) is 3.35. The zero-order chi connectivity index (χ0) is 24.8. The molecule has 3 rings (SSSR count). The van der Waals surface area contributed by atoms with Crippen molar-refractivity contribution in [3.05, 3.63) is 63.6 Å². The number of carbonyl (C=O) groups excluding carboxylic acids is 1. The van der Waals surface area contributed by atoms with E-state index in [0.29, 0.717) is 41.5 Å². The highest BCUT2D eigenvalue weighted by Crippen LogP contribution is 2.46. The minimum atomic E-state index is -0.867. The monoisotopic (exact) mass is 471 g/mol. The Balaban J connectivity index is 2.20. The summed E-state index contributed by atoms with van der Waals surface area (Å²) in [5, 5.41) is 10.9. The Kier molecular flexibility index (Phi) is 7.83. The summed E-state index contributed by atoms with van der Waals surface area (Å²) in [6.45, 7) is 2.10. The van der Waals surface area contributed by atoms with Crippen LogP contribution in [0.5, 0.6) is 23.0 Å². The number of nitrogens with one attached hydrogen (secondary N) is 1. The number of hydrogen-bond donors (Lipinski definition) is 2. The van der Waals surface area contributed by atoms with Crippen molar-refractivity contribution in [3.8, 4) is 23.0 Å². The fourth-order valence-electron chi connectivity index (χ4n) is 4.04. The lowest BCUT2D eigenvalue weighted by molar-refractivity contribution is -0.140. The number of aromatic nitrogens is 3. The van der Waals surface area contributed by atoms with E-state index in [2.05, 4.69) is 9.97 Å². The number of methoxy groups -OCH3 is 4.